The predicted octanol–water partition coefficient (Wildman–Crippen LogP) is 3.81. The largest absolute Gasteiger partial charge is 0.397 e. The Balaban J connectivity index is 1.97. The second-order valence-electron chi connectivity index (χ2n) is 5.32. The molecule has 0 radical (unpaired) electrons. The van der Waals surface area contributed by atoms with Crippen LogP contribution in [-0.4, -0.2) is 11.5 Å². The molecule has 1 aliphatic rings. The van der Waals surface area contributed by atoms with Gasteiger partial charge in [0, 0.05) is 6.54 Å². The number of nitrogen functional groups attached to an aromatic ring is 1. The Labute approximate surface area is 111 Å². The molecule has 17 heavy (non-hydrogen) atoms. The monoisotopic (exact) mass is 297 g/mol. The summed E-state index contributed by atoms with van der Waals surface area (Å²) in [5.74, 6) is 0.894. The molecule has 1 aromatic rings. The van der Waals surface area contributed by atoms with Crippen LogP contribution in [0.2, 0.25) is 0 Å². The van der Waals surface area contributed by atoms with Gasteiger partial charge in [-0.3, -0.25) is 0 Å². The van der Waals surface area contributed by atoms with E-state index in [-0.39, 0.29) is 0 Å². The van der Waals surface area contributed by atoms with Gasteiger partial charge in [0.2, 0.25) is 0 Å². The molecule has 0 amide bonds. The first-order valence-corrected chi connectivity index (χ1v) is 7.03. The van der Waals surface area contributed by atoms with Crippen molar-refractivity contribution in [3.8, 4) is 0 Å². The van der Waals surface area contributed by atoms with Gasteiger partial charge in [0.15, 0.2) is 0 Å². The molecule has 1 heterocycles. The summed E-state index contributed by atoms with van der Waals surface area (Å²) in [5.41, 5.74) is 6.78. The molecule has 0 aromatic carbocycles. The summed E-state index contributed by atoms with van der Waals surface area (Å²) in [6.45, 7) is 3.35. The molecule has 0 bridgehead atoms. The Hall–Kier alpha value is -0.770. The number of hydrogen-bond donors (Lipinski definition) is 2. The van der Waals surface area contributed by atoms with Gasteiger partial charge < -0.3 is 11.1 Å². The fraction of sp³-hybridized carbons (Fsp3) is 0.615. The number of rotatable bonds is 3. The lowest BCUT2D eigenvalue weighted by Crippen LogP contribution is -2.29. The van der Waals surface area contributed by atoms with Crippen LogP contribution in [-0.2, 0) is 0 Å². The highest BCUT2D eigenvalue weighted by Crippen LogP contribution is 2.36. The minimum Gasteiger partial charge on any atom is -0.397 e. The standard InChI is InChI=1S/C13H20BrN3/c1-13(5-3-2-4-6-13)9-17-12-11(14)7-10(15)8-16-12/h7-8H,2-6,9,15H2,1H3,(H,16,17). The SMILES string of the molecule is CC1(CNc2ncc(N)cc2Br)CCCCC1. The maximum atomic E-state index is 5.67. The van der Waals surface area contributed by atoms with Crippen LogP contribution in [0.1, 0.15) is 39.0 Å². The predicted molar refractivity (Wildman–Crippen MR) is 76.0 cm³/mol. The van der Waals surface area contributed by atoms with E-state index in [2.05, 4.69) is 33.2 Å². The van der Waals surface area contributed by atoms with Crippen molar-refractivity contribution in [3.63, 3.8) is 0 Å². The average molecular weight is 298 g/mol. The Bertz CT molecular complexity index is 386. The van der Waals surface area contributed by atoms with Crippen molar-refractivity contribution in [3.05, 3.63) is 16.7 Å². The number of halogens is 1. The van der Waals surface area contributed by atoms with Crippen molar-refractivity contribution in [2.45, 2.75) is 39.0 Å². The third-order valence-corrected chi connectivity index (χ3v) is 4.21. The number of nitrogens with two attached hydrogens (primary N) is 1. The average Bonchev–Trinajstić information content (AvgIpc) is 2.29. The Morgan fingerprint density at radius 2 is 2.12 bits per heavy atom. The molecule has 3 nitrogen and oxygen atoms in total. The van der Waals surface area contributed by atoms with Crippen molar-refractivity contribution in [1.29, 1.82) is 0 Å². The third-order valence-electron chi connectivity index (χ3n) is 3.61. The van der Waals surface area contributed by atoms with E-state index in [4.69, 9.17) is 5.73 Å². The molecule has 0 aliphatic heterocycles. The van der Waals surface area contributed by atoms with Crippen molar-refractivity contribution in [2.24, 2.45) is 5.41 Å². The Morgan fingerprint density at radius 1 is 1.41 bits per heavy atom. The van der Waals surface area contributed by atoms with E-state index in [0.717, 1.165) is 16.8 Å². The van der Waals surface area contributed by atoms with Crippen molar-refractivity contribution in [1.82, 2.24) is 4.98 Å². The summed E-state index contributed by atoms with van der Waals surface area (Å²) in [4.78, 5) is 4.31. The van der Waals surface area contributed by atoms with Crippen LogP contribution in [0.15, 0.2) is 16.7 Å². The smallest absolute Gasteiger partial charge is 0.140 e. The minimum atomic E-state index is 0.417. The van der Waals surface area contributed by atoms with E-state index in [1.807, 2.05) is 6.07 Å². The van der Waals surface area contributed by atoms with E-state index in [0.29, 0.717) is 11.1 Å². The molecule has 2 rings (SSSR count). The van der Waals surface area contributed by atoms with Crippen LogP contribution in [0.25, 0.3) is 0 Å². The molecule has 0 saturated heterocycles. The van der Waals surface area contributed by atoms with Gasteiger partial charge in [0.25, 0.3) is 0 Å². The number of nitrogens with one attached hydrogen (secondary N) is 1. The van der Waals surface area contributed by atoms with E-state index in [1.54, 1.807) is 6.20 Å². The van der Waals surface area contributed by atoms with Crippen molar-refractivity contribution < 1.29 is 0 Å². The molecule has 1 aliphatic carbocycles. The number of nitrogens with zero attached hydrogens (tertiary/aromatic N) is 1. The Kier molecular flexibility index (Phi) is 3.92. The maximum absolute atomic E-state index is 5.67. The molecular formula is C13H20BrN3. The fourth-order valence-electron chi connectivity index (χ4n) is 2.46. The second-order valence-corrected chi connectivity index (χ2v) is 6.18. The highest BCUT2D eigenvalue weighted by atomic mass is 79.9. The van der Waals surface area contributed by atoms with Gasteiger partial charge in [-0.1, -0.05) is 26.2 Å². The summed E-state index contributed by atoms with van der Waals surface area (Å²) in [5, 5.41) is 3.44. The first kappa shape index (κ1) is 12.7. The zero-order chi connectivity index (χ0) is 12.3. The summed E-state index contributed by atoms with van der Waals surface area (Å²) in [7, 11) is 0. The normalized spacial score (nSPS) is 18.9. The summed E-state index contributed by atoms with van der Waals surface area (Å²) >= 11 is 3.48. The lowest BCUT2D eigenvalue weighted by molar-refractivity contribution is 0.233. The molecule has 1 saturated carbocycles. The molecule has 0 spiro atoms. The molecule has 1 fully saturated rings. The van der Waals surface area contributed by atoms with Gasteiger partial charge >= 0.3 is 0 Å². The van der Waals surface area contributed by atoms with Crippen LogP contribution in [0.4, 0.5) is 11.5 Å². The highest BCUT2D eigenvalue weighted by Gasteiger charge is 2.26. The van der Waals surface area contributed by atoms with Gasteiger partial charge in [-0.15, -0.1) is 0 Å². The first-order valence-electron chi connectivity index (χ1n) is 6.24. The molecule has 0 atom stereocenters. The highest BCUT2D eigenvalue weighted by molar-refractivity contribution is 9.10. The van der Waals surface area contributed by atoms with E-state index in [9.17, 15) is 0 Å². The van der Waals surface area contributed by atoms with Crippen LogP contribution < -0.4 is 11.1 Å². The van der Waals surface area contributed by atoms with Crippen LogP contribution in [0.5, 0.6) is 0 Å². The van der Waals surface area contributed by atoms with E-state index in [1.165, 1.54) is 32.1 Å². The Morgan fingerprint density at radius 3 is 2.76 bits per heavy atom. The quantitative estimate of drug-likeness (QED) is 0.892. The molecular weight excluding hydrogens is 278 g/mol. The molecule has 3 N–H and O–H groups in total. The van der Waals surface area contributed by atoms with Gasteiger partial charge in [-0.2, -0.15) is 0 Å². The van der Waals surface area contributed by atoms with Crippen LogP contribution >= 0.6 is 15.9 Å². The summed E-state index contributed by atoms with van der Waals surface area (Å²) in [6.07, 6.45) is 8.41. The van der Waals surface area contributed by atoms with Crippen LogP contribution in [0, 0.1) is 5.41 Å². The van der Waals surface area contributed by atoms with Gasteiger partial charge in [0.1, 0.15) is 5.82 Å². The number of pyridine rings is 1. The van der Waals surface area contributed by atoms with E-state index >= 15 is 0 Å². The van der Waals surface area contributed by atoms with Crippen LogP contribution in [0.3, 0.4) is 0 Å². The van der Waals surface area contributed by atoms with Gasteiger partial charge in [0.05, 0.1) is 16.4 Å². The van der Waals surface area contributed by atoms with Gasteiger partial charge in [-0.25, -0.2) is 4.98 Å². The maximum Gasteiger partial charge on any atom is 0.140 e. The molecule has 1 aromatic heterocycles. The molecule has 4 heteroatoms. The zero-order valence-corrected chi connectivity index (χ0v) is 11.9. The summed E-state index contributed by atoms with van der Waals surface area (Å²) < 4.78 is 0.942. The zero-order valence-electron chi connectivity index (χ0n) is 10.3. The van der Waals surface area contributed by atoms with Crippen molar-refractivity contribution in [2.75, 3.05) is 17.6 Å². The number of anilines is 2. The second kappa shape index (κ2) is 5.25. The van der Waals surface area contributed by atoms with Crippen molar-refractivity contribution >= 4 is 27.4 Å². The van der Waals surface area contributed by atoms with Gasteiger partial charge in [-0.05, 0) is 40.3 Å². The first-order chi connectivity index (χ1) is 8.09. The minimum absolute atomic E-state index is 0.417. The molecule has 0 unspecified atom stereocenters. The fourth-order valence-corrected chi connectivity index (χ4v) is 2.97. The lowest BCUT2D eigenvalue weighted by Gasteiger charge is -2.33. The summed E-state index contributed by atoms with van der Waals surface area (Å²) in [6, 6.07) is 1.89. The molecule has 94 valence electrons. The van der Waals surface area contributed by atoms with E-state index < -0.39 is 0 Å². The lowest BCUT2D eigenvalue weighted by atomic mass is 9.76. The third kappa shape index (κ3) is 3.35. The number of hydrogen-bond acceptors (Lipinski definition) is 3. The topological polar surface area (TPSA) is 50.9 Å². The number of aromatic nitrogens is 1.